The van der Waals surface area contributed by atoms with E-state index >= 15 is 0 Å². The summed E-state index contributed by atoms with van der Waals surface area (Å²) in [7, 11) is 1.19. The van der Waals surface area contributed by atoms with Crippen LogP contribution in [0.1, 0.15) is 68.1 Å². The quantitative estimate of drug-likeness (QED) is 0.421. The lowest BCUT2D eigenvalue weighted by atomic mass is 9.90. The van der Waals surface area contributed by atoms with Crippen molar-refractivity contribution in [1.82, 2.24) is 15.3 Å². The maximum Gasteiger partial charge on any atom is 0.416 e. The zero-order valence-corrected chi connectivity index (χ0v) is 21.5. The summed E-state index contributed by atoms with van der Waals surface area (Å²) in [4.78, 5) is 33.6. The van der Waals surface area contributed by atoms with Crippen LogP contribution in [0, 0.1) is 6.92 Å². The van der Waals surface area contributed by atoms with Crippen molar-refractivity contribution < 1.29 is 32.2 Å². The number of halogens is 3. The lowest BCUT2D eigenvalue weighted by Gasteiger charge is -2.33. The smallest absolute Gasteiger partial charge is 0.416 e. The van der Waals surface area contributed by atoms with Crippen molar-refractivity contribution in [3.05, 3.63) is 41.1 Å². The molecular formula is C25H32F3N5O4. The molecule has 1 heterocycles. The molecule has 1 amide bonds. The van der Waals surface area contributed by atoms with Gasteiger partial charge in [-0.25, -0.2) is 14.6 Å². The molecular weight excluding hydrogens is 491 g/mol. The zero-order valence-electron chi connectivity index (χ0n) is 21.5. The first-order valence-electron chi connectivity index (χ1n) is 11.9. The van der Waals surface area contributed by atoms with Crippen molar-refractivity contribution >= 4 is 29.5 Å². The van der Waals surface area contributed by atoms with Gasteiger partial charge in [-0.05, 0) is 58.7 Å². The first-order valence-corrected chi connectivity index (χ1v) is 11.9. The highest BCUT2D eigenvalue weighted by molar-refractivity contribution is 5.96. The number of aromatic nitrogens is 2. The number of rotatable bonds is 6. The van der Waals surface area contributed by atoms with E-state index in [1.54, 1.807) is 27.7 Å². The van der Waals surface area contributed by atoms with Gasteiger partial charge >= 0.3 is 18.2 Å². The van der Waals surface area contributed by atoms with E-state index < -0.39 is 29.4 Å². The first-order chi connectivity index (χ1) is 17.3. The van der Waals surface area contributed by atoms with Crippen molar-refractivity contribution in [3.63, 3.8) is 0 Å². The molecule has 12 heteroatoms. The Kier molecular flexibility index (Phi) is 8.49. The number of amides is 1. The molecule has 3 rings (SSSR count). The van der Waals surface area contributed by atoms with Crippen LogP contribution in [0.4, 0.5) is 35.4 Å². The van der Waals surface area contributed by atoms with E-state index in [1.165, 1.54) is 19.2 Å². The second kappa shape index (κ2) is 11.2. The Morgan fingerprint density at radius 1 is 1.05 bits per heavy atom. The van der Waals surface area contributed by atoms with Gasteiger partial charge in [0.1, 0.15) is 11.2 Å². The van der Waals surface area contributed by atoms with Crippen molar-refractivity contribution in [1.29, 1.82) is 0 Å². The Hall–Kier alpha value is -3.57. The molecule has 37 heavy (non-hydrogen) atoms. The second-order valence-corrected chi connectivity index (χ2v) is 9.84. The van der Waals surface area contributed by atoms with E-state index in [0.29, 0.717) is 6.42 Å². The molecule has 0 aliphatic heterocycles. The highest BCUT2D eigenvalue weighted by Gasteiger charge is 2.32. The fourth-order valence-corrected chi connectivity index (χ4v) is 4.09. The monoisotopic (exact) mass is 523 g/mol. The lowest BCUT2D eigenvalue weighted by molar-refractivity contribution is -0.137. The molecule has 0 bridgehead atoms. The minimum Gasteiger partial charge on any atom is -0.465 e. The molecule has 1 aromatic carbocycles. The molecule has 0 radical (unpaired) electrons. The fraction of sp³-hybridized carbons (Fsp3) is 0.520. The number of carbonyl (C=O) groups is 2. The molecule has 2 atom stereocenters. The van der Waals surface area contributed by atoms with Gasteiger partial charge in [-0.2, -0.15) is 18.2 Å². The summed E-state index contributed by atoms with van der Waals surface area (Å²) < 4.78 is 49.8. The highest BCUT2D eigenvalue weighted by atomic mass is 19.4. The molecule has 1 saturated carbocycles. The Balaban J connectivity index is 1.89. The molecule has 1 fully saturated rings. The number of ether oxygens (including phenoxy) is 2. The van der Waals surface area contributed by atoms with Crippen molar-refractivity contribution in [2.24, 2.45) is 0 Å². The number of aryl methyl sites for hydroxylation is 1. The third kappa shape index (κ3) is 7.70. The van der Waals surface area contributed by atoms with Gasteiger partial charge in [0.15, 0.2) is 5.82 Å². The van der Waals surface area contributed by atoms with Gasteiger partial charge in [-0.15, -0.1) is 0 Å². The SMILES string of the molecule is COC(=O)c1c(C)nc(NC2CCCCC2NC(=O)OC(C)(C)C)nc1Nc1cccc(C(F)(F)F)c1. The number of anilines is 3. The zero-order chi connectivity index (χ0) is 27.4. The van der Waals surface area contributed by atoms with E-state index in [0.717, 1.165) is 31.4 Å². The Morgan fingerprint density at radius 3 is 2.35 bits per heavy atom. The molecule has 2 aromatic rings. The number of nitrogens with zero attached hydrogens (tertiary/aromatic N) is 2. The molecule has 2 unspecified atom stereocenters. The molecule has 0 saturated heterocycles. The van der Waals surface area contributed by atoms with Crippen LogP contribution < -0.4 is 16.0 Å². The second-order valence-electron chi connectivity index (χ2n) is 9.84. The summed E-state index contributed by atoms with van der Waals surface area (Å²) >= 11 is 0. The normalized spacial score (nSPS) is 18.1. The molecule has 0 spiro atoms. The molecule has 202 valence electrons. The van der Waals surface area contributed by atoms with Gasteiger partial charge in [0.05, 0.1) is 24.4 Å². The summed E-state index contributed by atoms with van der Waals surface area (Å²) in [6.07, 6.45) is -1.80. The predicted molar refractivity (Wildman–Crippen MR) is 132 cm³/mol. The van der Waals surface area contributed by atoms with Crippen LogP contribution in [0.3, 0.4) is 0 Å². The number of methoxy groups -OCH3 is 1. The van der Waals surface area contributed by atoms with Crippen LogP contribution in [0.15, 0.2) is 24.3 Å². The predicted octanol–water partition coefficient (Wildman–Crippen LogP) is 5.58. The summed E-state index contributed by atoms with van der Waals surface area (Å²) in [6.45, 7) is 6.92. The summed E-state index contributed by atoms with van der Waals surface area (Å²) in [5, 5.41) is 8.93. The number of alkyl carbamates (subject to hydrolysis) is 1. The van der Waals surface area contributed by atoms with E-state index in [-0.39, 0.29) is 40.8 Å². The van der Waals surface area contributed by atoms with Crippen LogP contribution in [0.5, 0.6) is 0 Å². The standard InChI is InChI=1S/C25H32F3N5O4/c1-14-19(21(34)36-5)20(30-16-10-8-9-15(13-16)25(26,27)28)33-22(29-14)31-17-11-6-7-12-18(17)32-23(35)37-24(2,3)4/h8-10,13,17-18H,6-7,11-12H2,1-5H3,(H,32,35)(H2,29,30,31,33). The Morgan fingerprint density at radius 2 is 1.73 bits per heavy atom. The lowest BCUT2D eigenvalue weighted by Crippen LogP contribution is -2.50. The molecule has 1 aliphatic rings. The van der Waals surface area contributed by atoms with Crippen molar-refractivity contribution in [2.45, 2.75) is 77.2 Å². The third-order valence-corrected chi connectivity index (χ3v) is 5.71. The summed E-state index contributed by atoms with van der Waals surface area (Å²) in [5.41, 5.74) is -1.13. The maximum absolute atomic E-state index is 13.2. The first kappa shape index (κ1) is 28.0. The van der Waals surface area contributed by atoms with Gasteiger partial charge in [0.2, 0.25) is 5.95 Å². The molecule has 1 aliphatic carbocycles. The number of carbonyl (C=O) groups excluding carboxylic acids is 2. The average molecular weight is 524 g/mol. The summed E-state index contributed by atoms with van der Waals surface area (Å²) in [5.74, 6) is -0.586. The summed E-state index contributed by atoms with van der Waals surface area (Å²) in [6, 6.07) is 4.08. The number of benzene rings is 1. The van der Waals surface area contributed by atoms with Crippen molar-refractivity contribution in [2.75, 3.05) is 17.7 Å². The highest BCUT2D eigenvalue weighted by Crippen LogP contribution is 2.32. The molecule has 3 N–H and O–H groups in total. The average Bonchev–Trinajstić information content (AvgIpc) is 2.78. The number of hydrogen-bond acceptors (Lipinski definition) is 8. The van der Waals surface area contributed by atoms with E-state index in [1.807, 2.05) is 0 Å². The van der Waals surface area contributed by atoms with Crippen LogP contribution in [0.25, 0.3) is 0 Å². The number of nitrogens with one attached hydrogen (secondary N) is 3. The fourth-order valence-electron chi connectivity index (χ4n) is 4.09. The number of hydrogen-bond donors (Lipinski definition) is 3. The van der Waals surface area contributed by atoms with Gasteiger partial charge in [0.25, 0.3) is 0 Å². The topological polar surface area (TPSA) is 114 Å². The van der Waals surface area contributed by atoms with Gasteiger partial charge < -0.3 is 25.4 Å². The third-order valence-electron chi connectivity index (χ3n) is 5.71. The van der Waals surface area contributed by atoms with Crippen molar-refractivity contribution in [3.8, 4) is 0 Å². The van der Waals surface area contributed by atoms with E-state index in [4.69, 9.17) is 9.47 Å². The number of alkyl halides is 3. The van der Waals surface area contributed by atoms with Gasteiger partial charge in [-0.3, -0.25) is 0 Å². The maximum atomic E-state index is 13.2. The minimum atomic E-state index is -4.53. The number of esters is 1. The van der Waals surface area contributed by atoms with Crippen LogP contribution in [-0.2, 0) is 15.7 Å². The van der Waals surface area contributed by atoms with E-state index in [9.17, 15) is 22.8 Å². The molecule has 1 aromatic heterocycles. The van der Waals surface area contributed by atoms with Crippen LogP contribution in [0.2, 0.25) is 0 Å². The molecule has 9 nitrogen and oxygen atoms in total. The van der Waals surface area contributed by atoms with E-state index in [2.05, 4.69) is 25.9 Å². The Bertz CT molecular complexity index is 1130. The van der Waals surface area contributed by atoms with Gasteiger partial charge in [-0.1, -0.05) is 18.9 Å². The van der Waals surface area contributed by atoms with Gasteiger partial charge in [0, 0.05) is 11.7 Å². The Labute approximate surface area is 213 Å². The minimum absolute atomic E-state index is 0.00228. The van der Waals surface area contributed by atoms with Crippen LogP contribution >= 0.6 is 0 Å². The largest absolute Gasteiger partial charge is 0.465 e. The van der Waals surface area contributed by atoms with Crippen LogP contribution in [-0.4, -0.2) is 46.8 Å².